The minimum Gasteiger partial charge on any atom is -0.352 e. The van der Waals surface area contributed by atoms with Crippen LogP contribution in [-0.4, -0.2) is 47.0 Å². The molecule has 132 valence electrons. The summed E-state index contributed by atoms with van der Waals surface area (Å²) in [6.45, 7) is 8.59. The molecule has 25 heavy (non-hydrogen) atoms. The molecule has 2 aromatic rings. The highest BCUT2D eigenvalue weighted by molar-refractivity contribution is 5.94. The van der Waals surface area contributed by atoms with Gasteiger partial charge >= 0.3 is 0 Å². The maximum atomic E-state index is 12.3. The molecule has 0 saturated carbocycles. The zero-order valence-electron chi connectivity index (χ0n) is 15.0. The summed E-state index contributed by atoms with van der Waals surface area (Å²) >= 11 is 0. The molecule has 1 atom stereocenters. The van der Waals surface area contributed by atoms with Crippen LogP contribution in [0.1, 0.15) is 30.6 Å². The first-order valence-corrected chi connectivity index (χ1v) is 8.99. The van der Waals surface area contributed by atoms with Crippen LogP contribution in [0.4, 0.5) is 0 Å². The third kappa shape index (κ3) is 4.86. The second kappa shape index (κ2) is 8.21. The lowest BCUT2D eigenvalue weighted by molar-refractivity contribution is 0.0947. The van der Waals surface area contributed by atoms with Crippen LogP contribution in [0.2, 0.25) is 0 Å². The van der Waals surface area contributed by atoms with Crippen LogP contribution >= 0.6 is 0 Å². The molecular weight excluding hydrogens is 312 g/mol. The van der Waals surface area contributed by atoms with Crippen LogP contribution in [0.25, 0.3) is 11.3 Å². The highest BCUT2D eigenvalue weighted by atomic mass is 16.1. The molecule has 0 spiro atoms. The van der Waals surface area contributed by atoms with E-state index in [0.29, 0.717) is 17.4 Å². The van der Waals surface area contributed by atoms with Crippen LogP contribution in [0.5, 0.6) is 0 Å². The summed E-state index contributed by atoms with van der Waals surface area (Å²) in [7, 11) is 0. The molecule has 5 heteroatoms. The van der Waals surface area contributed by atoms with Gasteiger partial charge in [0, 0.05) is 43.8 Å². The van der Waals surface area contributed by atoms with Crippen molar-refractivity contribution in [2.45, 2.75) is 20.3 Å². The largest absolute Gasteiger partial charge is 0.352 e. The van der Waals surface area contributed by atoms with Crippen molar-refractivity contribution in [3.05, 3.63) is 48.4 Å². The molecule has 1 saturated heterocycles. The topological polar surface area (TPSA) is 58.1 Å². The van der Waals surface area contributed by atoms with Gasteiger partial charge in [0.05, 0.1) is 11.3 Å². The first-order valence-electron chi connectivity index (χ1n) is 8.99. The SMILES string of the molecule is CC(C)CN1CCC(CNC(=O)c2ccc(-c3cccnc3)nc2)C1. The summed E-state index contributed by atoms with van der Waals surface area (Å²) in [5, 5.41) is 3.06. The highest BCUT2D eigenvalue weighted by Crippen LogP contribution is 2.17. The van der Waals surface area contributed by atoms with E-state index in [1.54, 1.807) is 18.6 Å². The maximum absolute atomic E-state index is 12.3. The Labute approximate surface area is 149 Å². The fourth-order valence-electron chi connectivity index (χ4n) is 3.31. The van der Waals surface area contributed by atoms with Crippen molar-refractivity contribution in [1.82, 2.24) is 20.2 Å². The second-order valence-corrected chi connectivity index (χ2v) is 7.19. The minimum absolute atomic E-state index is 0.0486. The van der Waals surface area contributed by atoms with E-state index in [2.05, 4.69) is 34.0 Å². The van der Waals surface area contributed by atoms with E-state index in [1.807, 2.05) is 24.3 Å². The molecule has 0 bridgehead atoms. The Kier molecular flexibility index (Phi) is 5.76. The van der Waals surface area contributed by atoms with Gasteiger partial charge in [-0.1, -0.05) is 13.8 Å². The minimum atomic E-state index is -0.0486. The number of nitrogens with zero attached hydrogens (tertiary/aromatic N) is 3. The summed E-state index contributed by atoms with van der Waals surface area (Å²) in [4.78, 5) is 23.3. The molecule has 1 amide bonds. The summed E-state index contributed by atoms with van der Waals surface area (Å²) in [6, 6.07) is 7.52. The Morgan fingerprint density at radius 1 is 1.32 bits per heavy atom. The zero-order chi connectivity index (χ0) is 17.6. The van der Waals surface area contributed by atoms with Crippen molar-refractivity contribution in [1.29, 1.82) is 0 Å². The first kappa shape index (κ1) is 17.5. The van der Waals surface area contributed by atoms with Crippen LogP contribution in [0.15, 0.2) is 42.9 Å². The fraction of sp³-hybridized carbons (Fsp3) is 0.450. The second-order valence-electron chi connectivity index (χ2n) is 7.19. The predicted octanol–water partition coefficient (Wildman–Crippen LogP) is 2.85. The number of amides is 1. The van der Waals surface area contributed by atoms with Gasteiger partial charge in [0.15, 0.2) is 0 Å². The third-order valence-electron chi connectivity index (χ3n) is 4.53. The molecule has 2 aromatic heterocycles. The van der Waals surface area contributed by atoms with Crippen LogP contribution < -0.4 is 5.32 Å². The molecule has 0 aliphatic carbocycles. The molecule has 1 unspecified atom stereocenters. The van der Waals surface area contributed by atoms with Gasteiger partial charge in [0.1, 0.15) is 0 Å². The van der Waals surface area contributed by atoms with Gasteiger partial charge in [-0.15, -0.1) is 0 Å². The van der Waals surface area contributed by atoms with Crippen molar-refractivity contribution < 1.29 is 4.79 Å². The Hall–Kier alpha value is -2.27. The van der Waals surface area contributed by atoms with Gasteiger partial charge in [-0.3, -0.25) is 14.8 Å². The molecule has 1 N–H and O–H groups in total. The Bertz CT molecular complexity index is 685. The number of rotatable bonds is 6. The molecule has 1 fully saturated rings. The lowest BCUT2D eigenvalue weighted by Gasteiger charge is -2.18. The van der Waals surface area contributed by atoms with Gasteiger partial charge in [-0.25, -0.2) is 0 Å². The Morgan fingerprint density at radius 3 is 2.88 bits per heavy atom. The summed E-state index contributed by atoms with van der Waals surface area (Å²) < 4.78 is 0. The molecule has 1 aliphatic rings. The van der Waals surface area contributed by atoms with E-state index in [4.69, 9.17) is 0 Å². The zero-order valence-corrected chi connectivity index (χ0v) is 15.0. The number of pyridine rings is 2. The van der Waals surface area contributed by atoms with Gasteiger partial charge < -0.3 is 10.2 Å². The smallest absolute Gasteiger partial charge is 0.252 e. The van der Waals surface area contributed by atoms with Gasteiger partial charge in [-0.05, 0) is 49.1 Å². The number of likely N-dealkylation sites (tertiary alicyclic amines) is 1. The van der Waals surface area contributed by atoms with Crippen molar-refractivity contribution in [3.8, 4) is 11.3 Å². The lowest BCUT2D eigenvalue weighted by atomic mass is 10.1. The van der Waals surface area contributed by atoms with Crippen LogP contribution in [0.3, 0.4) is 0 Å². The third-order valence-corrected chi connectivity index (χ3v) is 4.53. The molecular formula is C20H26N4O. The van der Waals surface area contributed by atoms with Gasteiger partial charge in [0.2, 0.25) is 0 Å². The van der Waals surface area contributed by atoms with Crippen molar-refractivity contribution in [2.75, 3.05) is 26.2 Å². The summed E-state index contributed by atoms with van der Waals surface area (Å²) in [5.74, 6) is 1.19. The fourth-order valence-corrected chi connectivity index (χ4v) is 3.31. The highest BCUT2D eigenvalue weighted by Gasteiger charge is 2.23. The average Bonchev–Trinajstić information content (AvgIpc) is 3.07. The van der Waals surface area contributed by atoms with Crippen molar-refractivity contribution >= 4 is 5.91 Å². The standard InChI is InChI=1S/C20H26N4O/c1-15(2)13-24-9-7-16(14-24)10-23-20(25)18-5-6-19(22-12-18)17-4-3-8-21-11-17/h3-6,8,11-12,15-16H,7,9-10,13-14H2,1-2H3,(H,23,25). The van der Waals surface area contributed by atoms with Crippen molar-refractivity contribution in [3.63, 3.8) is 0 Å². The molecule has 0 radical (unpaired) electrons. The van der Waals surface area contributed by atoms with Crippen LogP contribution in [0, 0.1) is 11.8 Å². The maximum Gasteiger partial charge on any atom is 0.252 e. The number of hydrogen-bond acceptors (Lipinski definition) is 4. The van der Waals surface area contributed by atoms with E-state index in [-0.39, 0.29) is 5.91 Å². The number of aromatic nitrogens is 2. The number of hydrogen-bond donors (Lipinski definition) is 1. The van der Waals surface area contributed by atoms with E-state index >= 15 is 0 Å². The van der Waals surface area contributed by atoms with E-state index < -0.39 is 0 Å². The van der Waals surface area contributed by atoms with Crippen molar-refractivity contribution in [2.24, 2.45) is 11.8 Å². The predicted molar refractivity (Wildman–Crippen MR) is 99.2 cm³/mol. The average molecular weight is 338 g/mol. The van der Waals surface area contributed by atoms with E-state index in [0.717, 1.165) is 43.9 Å². The normalized spacial score (nSPS) is 17.8. The number of nitrogens with one attached hydrogen (secondary N) is 1. The summed E-state index contributed by atoms with van der Waals surface area (Å²) in [6.07, 6.45) is 6.30. The molecule has 5 nitrogen and oxygen atoms in total. The Morgan fingerprint density at radius 2 is 2.20 bits per heavy atom. The lowest BCUT2D eigenvalue weighted by Crippen LogP contribution is -2.31. The van der Waals surface area contributed by atoms with Crippen LogP contribution in [-0.2, 0) is 0 Å². The van der Waals surface area contributed by atoms with Gasteiger partial charge in [0.25, 0.3) is 5.91 Å². The molecule has 3 rings (SSSR count). The summed E-state index contributed by atoms with van der Waals surface area (Å²) in [5.41, 5.74) is 2.38. The number of carbonyl (C=O) groups is 1. The Balaban J connectivity index is 1.50. The first-order chi connectivity index (χ1) is 12.1. The van der Waals surface area contributed by atoms with E-state index in [1.165, 1.54) is 0 Å². The molecule has 1 aliphatic heterocycles. The molecule has 3 heterocycles. The molecule has 0 aromatic carbocycles. The van der Waals surface area contributed by atoms with E-state index in [9.17, 15) is 4.79 Å². The monoisotopic (exact) mass is 338 g/mol. The number of carbonyl (C=O) groups excluding carboxylic acids is 1. The van der Waals surface area contributed by atoms with Gasteiger partial charge in [-0.2, -0.15) is 0 Å². The quantitative estimate of drug-likeness (QED) is 0.880.